The SMILES string of the molecule is CCOCC(C)OCc1ccc(C#CCCO)cc1F. The molecule has 0 saturated heterocycles. The number of hydrogen-bond donors (Lipinski definition) is 1. The van der Waals surface area contributed by atoms with Crippen molar-refractivity contribution in [1.29, 1.82) is 0 Å². The number of halogens is 1. The van der Waals surface area contributed by atoms with Crippen molar-refractivity contribution in [3.63, 3.8) is 0 Å². The minimum Gasteiger partial charge on any atom is -0.395 e. The standard InChI is InChI=1S/C16H21FO3/c1-3-19-11-13(2)20-12-15-8-7-14(10-16(15)17)6-4-5-9-18/h7-8,10,13,18H,3,5,9,11-12H2,1-2H3. The van der Waals surface area contributed by atoms with Gasteiger partial charge in [-0.3, -0.25) is 0 Å². The third kappa shape index (κ3) is 6.16. The van der Waals surface area contributed by atoms with Gasteiger partial charge in [0.1, 0.15) is 5.82 Å². The summed E-state index contributed by atoms with van der Waals surface area (Å²) in [7, 11) is 0. The van der Waals surface area contributed by atoms with Crippen LogP contribution in [0.4, 0.5) is 4.39 Å². The maximum atomic E-state index is 13.8. The number of hydrogen-bond acceptors (Lipinski definition) is 3. The molecule has 3 nitrogen and oxygen atoms in total. The van der Waals surface area contributed by atoms with Crippen molar-refractivity contribution >= 4 is 0 Å². The Morgan fingerprint density at radius 1 is 1.40 bits per heavy atom. The Kier molecular flexibility index (Phi) is 7.89. The van der Waals surface area contributed by atoms with Gasteiger partial charge in [0.25, 0.3) is 0 Å². The van der Waals surface area contributed by atoms with Gasteiger partial charge >= 0.3 is 0 Å². The van der Waals surface area contributed by atoms with Crippen LogP contribution < -0.4 is 0 Å². The number of ether oxygens (including phenoxy) is 2. The molecule has 0 saturated carbocycles. The van der Waals surface area contributed by atoms with Crippen molar-refractivity contribution in [2.45, 2.75) is 33.0 Å². The molecule has 1 aromatic carbocycles. The summed E-state index contributed by atoms with van der Waals surface area (Å²) < 4.78 is 24.6. The van der Waals surface area contributed by atoms with Crippen LogP contribution in [-0.4, -0.2) is 31.0 Å². The van der Waals surface area contributed by atoms with Crippen molar-refractivity contribution in [2.75, 3.05) is 19.8 Å². The number of rotatable bonds is 7. The Morgan fingerprint density at radius 2 is 2.20 bits per heavy atom. The summed E-state index contributed by atoms with van der Waals surface area (Å²) in [5, 5.41) is 8.62. The highest BCUT2D eigenvalue weighted by atomic mass is 19.1. The summed E-state index contributed by atoms with van der Waals surface area (Å²) in [6.45, 7) is 5.18. The van der Waals surface area contributed by atoms with Crippen LogP contribution in [0.5, 0.6) is 0 Å². The quantitative estimate of drug-likeness (QED) is 0.780. The zero-order chi connectivity index (χ0) is 14.8. The largest absolute Gasteiger partial charge is 0.395 e. The third-order valence-electron chi connectivity index (χ3n) is 2.60. The molecule has 0 fully saturated rings. The number of benzene rings is 1. The second-order valence-corrected chi connectivity index (χ2v) is 4.36. The van der Waals surface area contributed by atoms with E-state index in [0.29, 0.717) is 30.8 Å². The molecule has 0 amide bonds. The molecule has 20 heavy (non-hydrogen) atoms. The van der Waals surface area contributed by atoms with Gasteiger partial charge in [-0.1, -0.05) is 17.9 Å². The molecule has 1 unspecified atom stereocenters. The molecule has 1 rings (SSSR count). The monoisotopic (exact) mass is 280 g/mol. The van der Waals surface area contributed by atoms with E-state index in [2.05, 4.69) is 11.8 Å². The fraction of sp³-hybridized carbons (Fsp3) is 0.500. The van der Waals surface area contributed by atoms with Crippen molar-refractivity contribution < 1.29 is 19.0 Å². The summed E-state index contributed by atoms with van der Waals surface area (Å²) in [5.41, 5.74) is 1.10. The van der Waals surface area contributed by atoms with Crippen LogP contribution in [0.15, 0.2) is 18.2 Å². The van der Waals surface area contributed by atoms with Crippen LogP contribution in [0.2, 0.25) is 0 Å². The fourth-order valence-electron chi connectivity index (χ4n) is 1.53. The maximum Gasteiger partial charge on any atom is 0.129 e. The van der Waals surface area contributed by atoms with Gasteiger partial charge in [-0.2, -0.15) is 0 Å². The predicted octanol–water partition coefficient (Wildman–Crippen LogP) is 2.50. The average Bonchev–Trinajstić information content (AvgIpc) is 2.44. The zero-order valence-corrected chi connectivity index (χ0v) is 12.0. The Labute approximate surface area is 119 Å². The average molecular weight is 280 g/mol. The Morgan fingerprint density at radius 3 is 2.85 bits per heavy atom. The van der Waals surface area contributed by atoms with E-state index in [-0.39, 0.29) is 25.1 Å². The van der Waals surface area contributed by atoms with Gasteiger partial charge < -0.3 is 14.6 Å². The summed E-state index contributed by atoms with van der Waals surface area (Å²) >= 11 is 0. The first-order valence-corrected chi connectivity index (χ1v) is 6.74. The van der Waals surface area contributed by atoms with E-state index in [1.165, 1.54) is 6.07 Å². The maximum absolute atomic E-state index is 13.8. The normalized spacial score (nSPS) is 11.8. The third-order valence-corrected chi connectivity index (χ3v) is 2.60. The summed E-state index contributed by atoms with van der Waals surface area (Å²) in [4.78, 5) is 0. The lowest BCUT2D eigenvalue weighted by Crippen LogP contribution is -2.16. The van der Waals surface area contributed by atoms with E-state index < -0.39 is 0 Å². The lowest BCUT2D eigenvalue weighted by molar-refractivity contribution is -0.0125. The molecule has 4 heteroatoms. The van der Waals surface area contributed by atoms with Gasteiger partial charge in [-0.25, -0.2) is 4.39 Å². The minimum atomic E-state index is -0.329. The van der Waals surface area contributed by atoms with Crippen LogP contribution in [0.25, 0.3) is 0 Å². The van der Waals surface area contributed by atoms with E-state index in [1.807, 2.05) is 13.8 Å². The van der Waals surface area contributed by atoms with Gasteiger partial charge in [-0.05, 0) is 26.0 Å². The van der Waals surface area contributed by atoms with Crippen LogP contribution in [0.1, 0.15) is 31.4 Å². The molecular formula is C16H21FO3. The van der Waals surface area contributed by atoms with E-state index in [9.17, 15) is 4.39 Å². The number of aliphatic hydroxyl groups excluding tert-OH is 1. The molecule has 0 heterocycles. The molecule has 0 bridgehead atoms. The zero-order valence-electron chi connectivity index (χ0n) is 12.0. The Balaban J connectivity index is 2.54. The predicted molar refractivity (Wildman–Crippen MR) is 75.7 cm³/mol. The van der Waals surface area contributed by atoms with E-state index in [1.54, 1.807) is 12.1 Å². The van der Waals surface area contributed by atoms with Gasteiger partial charge in [0, 0.05) is 24.2 Å². The molecule has 1 atom stereocenters. The van der Waals surface area contributed by atoms with Crippen LogP contribution in [0.3, 0.4) is 0 Å². The molecule has 0 aliphatic heterocycles. The van der Waals surface area contributed by atoms with Crippen molar-refractivity contribution in [1.82, 2.24) is 0 Å². The van der Waals surface area contributed by atoms with Crippen molar-refractivity contribution in [3.05, 3.63) is 35.1 Å². The van der Waals surface area contributed by atoms with Crippen LogP contribution in [0, 0.1) is 17.7 Å². The second kappa shape index (κ2) is 9.49. The smallest absolute Gasteiger partial charge is 0.129 e. The first kappa shape index (κ1) is 16.6. The Bertz CT molecular complexity index is 463. The van der Waals surface area contributed by atoms with Crippen LogP contribution in [-0.2, 0) is 16.1 Å². The summed E-state index contributed by atoms with van der Waals surface area (Å²) in [6, 6.07) is 4.81. The second-order valence-electron chi connectivity index (χ2n) is 4.36. The van der Waals surface area contributed by atoms with Crippen LogP contribution >= 0.6 is 0 Å². The minimum absolute atomic E-state index is 0.0130. The molecule has 1 N–H and O–H groups in total. The number of aliphatic hydroxyl groups is 1. The molecule has 0 spiro atoms. The molecule has 110 valence electrons. The van der Waals surface area contributed by atoms with Crippen molar-refractivity contribution in [2.24, 2.45) is 0 Å². The topological polar surface area (TPSA) is 38.7 Å². The molecule has 0 aliphatic rings. The van der Waals surface area contributed by atoms with Crippen molar-refractivity contribution in [3.8, 4) is 11.8 Å². The summed E-state index contributed by atoms with van der Waals surface area (Å²) in [6.07, 6.45) is 0.319. The van der Waals surface area contributed by atoms with E-state index in [0.717, 1.165) is 0 Å². The van der Waals surface area contributed by atoms with Gasteiger partial charge in [0.2, 0.25) is 0 Å². The summed E-state index contributed by atoms with van der Waals surface area (Å²) in [5.74, 6) is 5.22. The molecule has 1 aromatic rings. The first-order valence-electron chi connectivity index (χ1n) is 6.74. The first-order chi connectivity index (χ1) is 9.67. The van der Waals surface area contributed by atoms with E-state index >= 15 is 0 Å². The van der Waals surface area contributed by atoms with Gasteiger partial charge in [-0.15, -0.1) is 0 Å². The molecule has 0 aromatic heterocycles. The van der Waals surface area contributed by atoms with E-state index in [4.69, 9.17) is 14.6 Å². The molecule has 0 aliphatic carbocycles. The highest BCUT2D eigenvalue weighted by Crippen LogP contribution is 2.12. The highest BCUT2D eigenvalue weighted by molar-refractivity contribution is 5.36. The fourth-order valence-corrected chi connectivity index (χ4v) is 1.53. The highest BCUT2D eigenvalue weighted by Gasteiger charge is 2.06. The molecule has 0 radical (unpaired) electrons. The lowest BCUT2D eigenvalue weighted by atomic mass is 10.1. The van der Waals surface area contributed by atoms with Gasteiger partial charge in [0.05, 0.1) is 25.9 Å². The Hall–Kier alpha value is -1.41. The van der Waals surface area contributed by atoms with Gasteiger partial charge in [0.15, 0.2) is 0 Å². The lowest BCUT2D eigenvalue weighted by Gasteiger charge is -2.13. The molecular weight excluding hydrogens is 259 g/mol.